The molecule has 0 saturated carbocycles. The zero-order valence-corrected chi connectivity index (χ0v) is 16.2. The molecule has 0 radical (unpaired) electrons. The summed E-state index contributed by atoms with van der Waals surface area (Å²) in [5, 5.41) is 3.06. The van der Waals surface area contributed by atoms with Crippen molar-refractivity contribution in [1.82, 2.24) is 4.98 Å². The smallest absolute Gasteiger partial charge is 0.337 e. The molecule has 144 valence electrons. The number of carbonyl (C=O) groups is 1. The third-order valence-electron chi connectivity index (χ3n) is 3.95. The summed E-state index contributed by atoms with van der Waals surface area (Å²) in [6, 6.07) is 16.8. The molecule has 0 amide bonds. The third-order valence-corrected chi connectivity index (χ3v) is 5.50. The van der Waals surface area contributed by atoms with Crippen LogP contribution in [-0.2, 0) is 14.8 Å². The number of anilines is 3. The van der Waals surface area contributed by atoms with E-state index >= 15 is 0 Å². The van der Waals surface area contributed by atoms with Crippen LogP contribution < -0.4 is 10.0 Å². The number of benzene rings is 2. The molecule has 0 aliphatic rings. The van der Waals surface area contributed by atoms with E-state index in [0.29, 0.717) is 28.3 Å². The molecule has 0 unspecified atom stereocenters. The summed E-state index contributed by atoms with van der Waals surface area (Å²) in [6.07, 6.45) is 1.42. The molecular formula is C20H19N3O4S. The number of carbonyl (C=O) groups excluding carboxylic acids is 1. The second kappa shape index (κ2) is 8.10. The first-order chi connectivity index (χ1) is 13.4. The number of nitrogens with one attached hydrogen (secondary N) is 2. The Labute approximate surface area is 163 Å². The Morgan fingerprint density at radius 1 is 1.00 bits per heavy atom. The van der Waals surface area contributed by atoms with Gasteiger partial charge in [0, 0.05) is 5.69 Å². The number of hydrogen-bond acceptors (Lipinski definition) is 6. The summed E-state index contributed by atoms with van der Waals surface area (Å²) < 4.78 is 32.3. The van der Waals surface area contributed by atoms with Crippen LogP contribution >= 0.6 is 0 Å². The highest BCUT2D eigenvalue weighted by Crippen LogP contribution is 2.21. The summed E-state index contributed by atoms with van der Waals surface area (Å²) in [5.74, 6) is 0.0680. The van der Waals surface area contributed by atoms with Gasteiger partial charge in [-0.15, -0.1) is 0 Å². The Morgan fingerprint density at radius 3 is 2.46 bits per heavy atom. The molecule has 28 heavy (non-hydrogen) atoms. The summed E-state index contributed by atoms with van der Waals surface area (Å²) in [7, 11) is -2.38. The van der Waals surface area contributed by atoms with E-state index in [1.807, 2.05) is 0 Å². The van der Waals surface area contributed by atoms with Crippen molar-refractivity contribution in [2.24, 2.45) is 0 Å². The number of sulfonamides is 1. The fraction of sp³-hybridized carbons (Fsp3) is 0.100. The van der Waals surface area contributed by atoms with Crippen LogP contribution in [0.3, 0.4) is 0 Å². The van der Waals surface area contributed by atoms with Gasteiger partial charge in [0.15, 0.2) is 0 Å². The molecule has 8 heteroatoms. The van der Waals surface area contributed by atoms with E-state index in [-0.39, 0.29) is 4.90 Å². The first-order valence-electron chi connectivity index (χ1n) is 8.39. The quantitative estimate of drug-likeness (QED) is 0.615. The van der Waals surface area contributed by atoms with Crippen molar-refractivity contribution in [3.8, 4) is 0 Å². The first kappa shape index (κ1) is 19.4. The van der Waals surface area contributed by atoms with Gasteiger partial charge in [-0.1, -0.05) is 24.3 Å². The van der Waals surface area contributed by atoms with Crippen LogP contribution in [0.4, 0.5) is 17.2 Å². The number of pyridine rings is 1. The fourth-order valence-corrected chi connectivity index (χ4v) is 3.88. The number of rotatable bonds is 6. The van der Waals surface area contributed by atoms with Crippen molar-refractivity contribution >= 4 is 33.2 Å². The molecule has 7 nitrogen and oxygen atoms in total. The van der Waals surface area contributed by atoms with Crippen LogP contribution in [-0.4, -0.2) is 26.5 Å². The summed E-state index contributed by atoms with van der Waals surface area (Å²) in [4.78, 5) is 16.0. The van der Waals surface area contributed by atoms with Crippen LogP contribution in [0.2, 0.25) is 0 Å². The number of nitrogens with zero attached hydrogens (tertiary/aromatic N) is 1. The number of esters is 1. The highest BCUT2D eigenvalue weighted by Gasteiger charge is 2.16. The number of aromatic nitrogens is 1. The van der Waals surface area contributed by atoms with Crippen molar-refractivity contribution in [2.75, 3.05) is 17.1 Å². The normalized spacial score (nSPS) is 10.9. The van der Waals surface area contributed by atoms with E-state index in [1.54, 1.807) is 67.6 Å². The molecule has 0 bridgehead atoms. The largest absolute Gasteiger partial charge is 0.465 e. The van der Waals surface area contributed by atoms with Crippen molar-refractivity contribution in [3.63, 3.8) is 0 Å². The van der Waals surface area contributed by atoms with Gasteiger partial charge in [-0.2, -0.15) is 0 Å². The van der Waals surface area contributed by atoms with Gasteiger partial charge < -0.3 is 10.1 Å². The van der Waals surface area contributed by atoms with Crippen LogP contribution in [0.15, 0.2) is 71.8 Å². The summed E-state index contributed by atoms with van der Waals surface area (Å²) in [6.45, 7) is 1.74. The molecule has 0 aliphatic heterocycles. The fourth-order valence-electron chi connectivity index (χ4n) is 2.59. The second-order valence-corrected chi connectivity index (χ2v) is 7.65. The molecule has 0 aliphatic carbocycles. The van der Waals surface area contributed by atoms with Crippen LogP contribution in [0.5, 0.6) is 0 Å². The van der Waals surface area contributed by atoms with Gasteiger partial charge in [0.25, 0.3) is 10.0 Å². The summed E-state index contributed by atoms with van der Waals surface area (Å²) in [5.41, 5.74) is 2.07. The Hall–Kier alpha value is -3.39. The van der Waals surface area contributed by atoms with Crippen molar-refractivity contribution in [2.45, 2.75) is 11.8 Å². The average Bonchev–Trinajstić information content (AvgIpc) is 2.69. The SMILES string of the molecule is COC(=O)c1cccc(Nc2ccc(NS(=O)(=O)c3ccccc3C)cn2)c1. The van der Waals surface area contributed by atoms with E-state index in [1.165, 1.54) is 13.3 Å². The molecule has 0 saturated heterocycles. The zero-order chi connectivity index (χ0) is 20.1. The molecule has 1 heterocycles. The van der Waals surface area contributed by atoms with Gasteiger partial charge in [-0.3, -0.25) is 4.72 Å². The number of hydrogen-bond donors (Lipinski definition) is 2. The van der Waals surface area contributed by atoms with E-state index in [0.717, 1.165) is 0 Å². The van der Waals surface area contributed by atoms with Crippen molar-refractivity contribution < 1.29 is 17.9 Å². The molecule has 0 spiro atoms. The van der Waals surface area contributed by atoms with Crippen LogP contribution in [0.1, 0.15) is 15.9 Å². The van der Waals surface area contributed by atoms with Gasteiger partial charge in [0.2, 0.25) is 0 Å². The minimum atomic E-state index is -3.70. The predicted octanol–water partition coefficient (Wildman–Crippen LogP) is 3.72. The van der Waals surface area contributed by atoms with Gasteiger partial charge in [0.1, 0.15) is 5.82 Å². The Kier molecular flexibility index (Phi) is 5.60. The zero-order valence-electron chi connectivity index (χ0n) is 15.3. The first-order valence-corrected chi connectivity index (χ1v) is 9.87. The molecule has 1 aromatic heterocycles. The lowest BCUT2D eigenvalue weighted by molar-refractivity contribution is 0.0601. The Morgan fingerprint density at radius 2 is 1.79 bits per heavy atom. The lowest BCUT2D eigenvalue weighted by Crippen LogP contribution is -2.14. The monoisotopic (exact) mass is 397 g/mol. The Balaban J connectivity index is 1.74. The Bertz CT molecular complexity index is 1100. The standard InChI is InChI=1S/C20H19N3O4S/c1-14-6-3-4-9-18(14)28(25,26)23-17-10-11-19(21-13-17)22-16-8-5-7-15(12-16)20(24)27-2/h3-13,23H,1-2H3,(H,21,22). The lowest BCUT2D eigenvalue weighted by atomic mass is 10.2. The van der Waals surface area contributed by atoms with E-state index in [4.69, 9.17) is 4.74 Å². The number of aryl methyl sites for hydroxylation is 1. The molecule has 3 rings (SSSR count). The maximum absolute atomic E-state index is 12.5. The highest BCUT2D eigenvalue weighted by atomic mass is 32.2. The molecule has 0 atom stereocenters. The van der Waals surface area contributed by atoms with Crippen LogP contribution in [0.25, 0.3) is 0 Å². The van der Waals surface area contributed by atoms with Gasteiger partial charge in [0.05, 0.1) is 29.5 Å². The number of ether oxygens (including phenoxy) is 1. The minimum Gasteiger partial charge on any atom is -0.465 e. The predicted molar refractivity (Wildman–Crippen MR) is 107 cm³/mol. The van der Waals surface area contributed by atoms with Gasteiger partial charge >= 0.3 is 5.97 Å². The highest BCUT2D eigenvalue weighted by molar-refractivity contribution is 7.92. The van der Waals surface area contributed by atoms with Crippen LogP contribution in [0, 0.1) is 6.92 Å². The minimum absolute atomic E-state index is 0.219. The van der Waals surface area contributed by atoms with Crippen molar-refractivity contribution in [3.05, 3.63) is 78.0 Å². The topological polar surface area (TPSA) is 97.4 Å². The molecule has 2 aromatic carbocycles. The van der Waals surface area contributed by atoms with Gasteiger partial charge in [-0.05, 0) is 48.9 Å². The van der Waals surface area contributed by atoms with E-state index < -0.39 is 16.0 Å². The molecule has 2 N–H and O–H groups in total. The average molecular weight is 397 g/mol. The lowest BCUT2D eigenvalue weighted by Gasteiger charge is -2.11. The molecular weight excluding hydrogens is 378 g/mol. The summed E-state index contributed by atoms with van der Waals surface area (Å²) >= 11 is 0. The molecule has 0 fully saturated rings. The van der Waals surface area contributed by atoms with E-state index in [9.17, 15) is 13.2 Å². The molecule has 3 aromatic rings. The van der Waals surface area contributed by atoms with E-state index in [2.05, 4.69) is 15.0 Å². The van der Waals surface area contributed by atoms with Crippen molar-refractivity contribution in [1.29, 1.82) is 0 Å². The maximum atomic E-state index is 12.5. The maximum Gasteiger partial charge on any atom is 0.337 e. The third kappa shape index (κ3) is 4.47. The van der Waals surface area contributed by atoms with Gasteiger partial charge in [-0.25, -0.2) is 18.2 Å². The second-order valence-electron chi connectivity index (χ2n) is 6.00. The number of methoxy groups -OCH3 is 1.